The molecule has 4 heteroatoms. The van der Waals surface area contributed by atoms with Crippen molar-refractivity contribution in [2.45, 2.75) is 26.2 Å². The average Bonchev–Trinajstić information content (AvgIpc) is 2.59. The first-order chi connectivity index (χ1) is 7.89. The van der Waals surface area contributed by atoms with Gasteiger partial charge in [-0.3, -0.25) is 0 Å². The first kappa shape index (κ1) is 12.4. The van der Waals surface area contributed by atoms with Crippen LogP contribution < -0.4 is 5.73 Å². The van der Waals surface area contributed by atoms with Crippen LogP contribution in [-0.4, -0.2) is 5.16 Å². The Bertz CT molecular complexity index is 523. The largest absolute Gasteiger partial charge is 0.380 e. The van der Waals surface area contributed by atoms with Gasteiger partial charge in [0.1, 0.15) is 3.57 Å². The molecule has 1 heterocycles. The molecule has 0 saturated heterocycles. The minimum absolute atomic E-state index is 0.159. The second-order valence-corrected chi connectivity index (χ2v) is 6.12. The van der Waals surface area contributed by atoms with E-state index in [4.69, 9.17) is 10.3 Å². The van der Waals surface area contributed by atoms with Crippen molar-refractivity contribution in [3.63, 3.8) is 0 Å². The molecule has 2 aromatic rings. The van der Waals surface area contributed by atoms with Crippen LogP contribution in [0, 0.1) is 3.57 Å². The number of anilines is 1. The maximum atomic E-state index is 5.66. The van der Waals surface area contributed by atoms with Crippen LogP contribution in [0.4, 0.5) is 5.82 Å². The number of halogens is 1. The van der Waals surface area contributed by atoms with Gasteiger partial charge in [-0.15, -0.1) is 0 Å². The number of benzene rings is 1. The van der Waals surface area contributed by atoms with E-state index in [-0.39, 0.29) is 5.41 Å². The maximum Gasteiger partial charge on any atom is 0.182 e. The summed E-state index contributed by atoms with van der Waals surface area (Å²) in [5, 5.41) is 3.76. The fourth-order valence-electron chi connectivity index (χ4n) is 1.59. The van der Waals surface area contributed by atoms with Crippen molar-refractivity contribution in [2.75, 3.05) is 5.73 Å². The van der Waals surface area contributed by atoms with Crippen molar-refractivity contribution in [1.29, 1.82) is 0 Å². The molecule has 2 N–H and O–H groups in total. The molecule has 0 spiro atoms. The fraction of sp³-hybridized carbons (Fsp3) is 0.308. The summed E-state index contributed by atoms with van der Waals surface area (Å²) in [6.45, 7) is 6.58. The zero-order valence-electron chi connectivity index (χ0n) is 10.1. The fourth-order valence-corrected chi connectivity index (χ4v) is 2.10. The van der Waals surface area contributed by atoms with Gasteiger partial charge >= 0.3 is 0 Å². The van der Waals surface area contributed by atoms with Crippen LogP contribution in [0.25, 0.3) is 11.3 Å². The van der Waals surface area contributed by atoms with Crippen molar-refractivity contribution in [1.82, 2.24) is 5.16 Å². The van der Waals surface area contributed by atoms with Gasteiger partial charge in [-0.1, -0.05) is 50.2 Å². The minimum atomic E-state index is 0.159. The summed E-state index contributed by atoms with van der Waals surface area (Å²) in [6.07, 6.45) is 0. The van der Waals surface area contributed by atoms with E-state index in [9.17, 15) is 0 Å². The molecule has 0 amide bonds. The average molecular weight is 342 g/mol. The van der Waals surface area contributed by atoms with Crippen molar-refractivity contribution >= 4 is 28.4 Å². The lowest BCUT2D eigenvalue weighted by Crippen LogP contribution is -2.10. The van der Waals surface area contributed by atoms with Crippen LogP contribution in [0.1, 0.15) is 26.3 Å². The zero-order valence-corrected chi connectivity index (χ0v) is 12.3. The monoisotopic (exact) mass is 342 g/mol. The van der Waals surface area contributed by atoms with Gasteiger partial charge in [-0.05, 0) is 33.6 Å². The lowest BCUT2D eigenvalue weighted by atomic mass is 9.86. The summed E-state index contributed by atoms with van der Waals surface area (Å²) < 4.78 is 6.09. The van der Waals surface area contributed by atoms with Crippen molar-refractivity contribution in [2.24, 2.45) is 0 Å². The van der Waals surface area contributed by atoms with Crippen LogP contribution in [0.3, 0.4) is 0 Å². The van der Waals surface area contributed by atoms with Gasteiger partial charge in [-0.2, -0.15) is 0 Å². The van der Waals surface area contributed by atoms with Crippen molar-refractivity contribution in [3.8, 4) is 11.3 Å². The summed E-state index contributed by atoms with van der Waals surface area (Å²) >= 11 is 2.15. The highest BCUT2D eigenvalue weighted by Crippen LogP contribution is 2.31. The summed E-state index contributed by atoms with van der Waals surface area (Å²) in [5.41, 5.74) is 8.12. The molecule has 3 nitrogen and oxygen atoms in total. The smallest absolute Gasteiger partial charge is 0.182 e. The molecule has 0 saturated carbocycles. The highest BCUT2D eigenvalue weighted by atomic mass is 127. The van der Waals surface area contributed by atoms with E-state index in [0.717, 1.165) is 14.9 Å². The molecular formula is C13H15IN2O. The number of nitrogens with two attached hydrogens (primary N) is 1. The highest BCUT2D eigenvalue weighted by Gasteiger charge is 2.16. The Balaban J connectivity index is 2.40. The third-order valence-electron chi connectivity index (χ3n) is 2.67. The van der Waals surface area contributed by atoms with E-state index in [1.807, 2.05) is 12.1 Å². The second-order valence-electron chi connectivity index (χ2n) is 5.04. The normalized spacial score (nSPS) is 11.8. The number of hydrogen-bond acceptors (Lipinski definition) is 3. The molecule has 17 heavy (non-hydrogen) atoms. The Labute approximate surface area is 115 Å². The topological polar surface area (TPSA) is 52.0 Å². The predicted molar refractivity (Wildman–Crippen MR) is 77.8 cm³/mol. The predicted octanol–water partition coefficient (Wildman–Crippen LogP) is 3.83. The minimum Gasteiger partial charge on any atom is -0.380 e. The van der Waals surface area contributed by atoms with Gasteiger partial charge in [0.15, 0.2) is 11.6 Å². The Hall–Kier alpha value is -1.04. The first-order valence-electron chi connectivity index (χ1n) is 5.41. The van der Waals surface area contributed by atoms with Crippen LogP contribution in [-0.2, 0) is 5.41 Å². The molecule has 0 bridgehead atoms. The van der Waals surface area contributed by atoms with Gasteiger partial charge in [-0.25, -0.2) is 0 Å². The summed E-state index contributed by atoms with van der Waals surface area (Å²) in [7, 11) is 0. The molecule has 0 aliphatic carbocycles. The number of nitrogens with zero attached hydrogens (tertiary/aromatic N) is 1. The van der Waals surface area contributed by atoms with Crippen molar-refractivity contribution < 1.29 is 4.52 Å². The third kappa shape index (κ3) is 2.46. The van der Waals surface area contributed by atoms with E-state index < -0.39 is 0 Å². The number of aromatic nitrogens is 1. The Morgan fingerprint density at radius 1 is 1.18 bits per heavy atom. The molecule has 1 aromatic carbocycles. The standard InChI is InChI=1S/C13H15IN2O/c1-13(2,3)9-6-4-8(5-7-9)11-10(14)12(15)16-17-11/h4-7H,1-3H3,(H2,15,16). The van der Waals surface area contributed by atoms with E-state index in [0.29, 0.717) is 5.82 Å². The highest BCUT2D eigenvalue weighted by molar-refractivity contribution is 14.1. The summed E-state index contributed by atoms with van der Waals surface area (Å²) in [4.78, 5) is 0. The molecular weight excluding hydrogens is 327 g/mol. The first-order valence-corrected chi connectivity index (χ1v) is 6.49. The van der Waals surface area contributed by atoms with Crippen LogP contribution in [0.2, 0.25) is 0 Å². The Morgan fingerprint density at radius 3 is 2.18 bits per heavy atom. The molecule has 0 atom stereocenters. The van der Waals surface area contributed by atoms with Gasteiger partial charge in [0.25, 0.3) is 0 Å². The molecule has 0 radical (unpaired) electrons. The van der Waals surface area contributed by atoms with Gasteiger partial charge in [0, 0.05) is 5.56 Å². The summed E-state index contributed by atoms with van der Waals surface area (Å²) in [5.74, 6) is 1.18. The number of nitrogen functional groups attached to an aromatic ring is 1. The SMILES string of the molecule is CC(C)(C)c1ccc(-c2onc(N)c2I)cc1. The second kappa shape index (κ2) is 4.33. The zero-order chi connectivity index (χ0) is 12.6. The van der Waals surface area contributed by atoms with Gasteiger partial charge in [0.05, 0.1) is 0 Å². The molecule has 0 fully saturated rings. The number of rotatable bonds is 1. The van der Waals surface area contributed by atoms with E-state index in [2.05, 4.69) is 60.7 Å². The molecule has 0 aliphatic heterocycles. The van der Waals surface area contributed by atoms with E-state index in [1.54, 1.807) is 0 Å². The van der Waals surface area contributed by atoms with Gasteiger partial charge < -0.3 is 10.3 Å². The molecule has 0 aliphatic rings. The molecule has 0 unspecified atom stereocenters. The van der Waals surface area contributed by atoms with Crippen LogP contribution >= 0.6 is 22.6 Å². The van der Waals surface area contributed by atoms with Gasteiger partial charge in [0.2, 0.25) is 0 Å². The van der Waals surface area contributed by atoms with E-state index in [1.165, 1.54) is 5.56 Å². The Kier molecular flexibility index (Phi) is 3.16. The molecule has 1 aromatic heterocycles. The van der Waals surface area contributed by atoms with Crippen LogP contribution in [0.5, 0.6) is 0 Å². The van der Waals surface area contributed by atoms with Crippen LogP contribution in [0.15, 0.2) is 28.8 Å². The molecule has 2 rings (SSSR count). The quantitative estimate of drug-likeness (QED) is 0.802. The summed E-state index contributed by atoms with van der Waals surface area (Å²) in [6, 6.07) is 8.32. The Morgan fingerprint density at radius 2 is 1.76 bits per heavy atom. The maximum absolute atomic E-state index is 5.66. The lowest BCUT2D eigenvalue weighted by Gasteiger charge is -2.18. The van der Waals surface area contributed by atoms with Crippen molar-refractivity contribution in [3.05, 3.63) is 33.4 Å². The molecule has 90 valence electrons. The number of hydrogen-bond donors (Lipinski definition) is 1. The van der Waals surface area contributed by atoms with E-state index >= 15 is 0 Å². The lowest BCUT2D eigenvalue weighted by molar-refractivity contribution is 0.435. The third-order valence-corrected chi connectivity index (χ3v) is 3.72.